The first-order chi connectivity index (χ1) is 15.7. The lowest BCUT2D eigenvalue weighted by Gasteiger charge is -2.33. The molecule has 0 aliphatic carbocycles. The van der Waals surface area contributed by atoms with E-state index in [4.69, 9.17) is 4.74 Å². The zero-order valence-corrected chi connectivity index (χ0v) is 19.8. The van der Waals surface area contributed by atoms with Crippen LogP contribution in [0.15, 0.2) is 53.4 Å². The van der Waals surface area contributed by atoms with Crippen molar-refractivity contribution in [3.63, 3.8) is 0 Å². The summed E-state index contributed by atoms with van der Waals surface area (Å²) in [5.41, 5.74) is 1.98. The SMILES string of the molecule is CCCc1ccc(C(=O)COC(=O)C2CCCCN2S(=O)(=O)c2ccc(C(C)=O)cc2)cc1. The molecule has 1 aliphatic rings. The van der Waals surface area contributed by atoms with Gasteiger partial charge < -0.3 is 4.74 Å². The lowest BCUT2D eigenvalue weighted by molar-refractivity contribution is -0.148. The van der Waals surface area contributed by atoms with E-state index in [0.717, 1.165) is 22.7 Å². The minimum atomic E-state index is -3.96. The Morgan fingerprint density at radius 1 is 0.970 bits per heavy atom. The molecule has 0 saturated carbocycles. The average Bonchev–Trinajstić information content (AvgIpc) is 2.83. The number of hydrogen-bond acceptors (Lipinski definition) is 6. The van der Waals surface area contributed by atoms with Crippen molar-refractivity contribution < 1.29 is 27.5 Å². The molecule has 2 aromatic rings. The summed E-state index contributed by atoms with van der Waals surface area (Å²) >= 11 is 0. The number of piperidine rings is 1. The summed E-state index contributed by atoms with van der Waals surface area (Å²) in [4.78, 5) is 36.7. The van der Waals surface area contributed by atoms with E-state index in [1.807, 2.05) is 12.1 Å². The quantitative estimate of drug-likeness (QED) is 0.407. The highest BCUT2D eigenvalue weighted by Gasteiger charge is 2.38. The normalized spacial score (nSPS) is 16.8. The first-order valence-electron chi connectivity index (χ1n) is 11.2. The Morgan fingerprint density at radius 3 is 2.21 bits per heavy atom. The molecule has 1 fully saturated rings. The molecule has 0 radical (unpaired) electrons. The Bertz CT molecular complexity index is 1110. The second-order valence-corrected chi connectivity index (χ2v) is 10.1. The highest BCUT2D eigenvalue weighted by atomic mass is 32.2. The van der Waals surface area contributed by atoms with Gasteiger partial charge in [-0.25, -0.2) is 8.42 Å². The van der Waals surface area contributed by atoms with Gasteiger partial charge in [-0.15, -0.1) is 0 Å². The smallest absolute Gasteiger partial charge is 0.324 e. The van der Waals surface area contributed by atoms with E-state index < -0.39 is 28.6 Å². The number of ketones is 2. The van der Waals surface area contributed by atoms with Crippen molar-refractivity contribution in [1.82, 2.24) is 4.31 Å². The monoisotopic (exact) mass is 471 g/mol. The van der Waals surface area contributed by atoms with E-state index in [9.17, 15) is 22.8 Å². The minimum Gasteiger partial charge on any atom is -0.456 e. The van der Waals surface area contributed by atoms with E-state index in [1.165, 1.54) is 31.2 Å². The zero-order valence-electron chi connectivity index (χ0n) is 19.0. The van der Waals surface area contributed by atoms with Gasteiger partial charge in [0.25, 0.3) is 0 Å². The maximum atomic E-state index is 13.2. The summed E-state index contributed by atoms with van der Waals surface area (Å²) < 4.78 is 32.8. The molecule has 1 atom stereocenters. The van der Waals surface area contributed by atoms with E-state index in [2.05, 4.69) is 6.92 Å². The number of benzene rings is 2. The van der Waals surface area contributed by atoms with Gasteiger partial charge in [-0.3, -0.25) is 14.4 Å². The first-order valence-corrected chi connectivity index (χ1v) is 12.6. The van der Waals surface area contributed by atoms with Gasteiger partial charge in [0, 0.05) is 17.7 Å². The molecular weight excluding hydrogens is 442 g/mol. The summed E-state index contributed by atoms with van der Waals surface area (Å²) in [6, 6.07) is 11.8. The fourth-order valence-electron chi connectivity index (χ4n) is 3.89. The van der Waals surface area contributed by atoms with Crippen molar-refractivity contribution in [2.24, 2.45) is 0 Å². The minimum absolute atomic E-state index is 0.00967. The molecule has 2 aromatic carbocycles. The lowest BCUT2D eigenvalue weighted by atomic mass is 10.0. The molecule has 176 valence electrons. The largest absolute Gasteiger partial charge is 0.456 e. The molecule has 0 bridgehead atoms. The van der Waals surface area contributed by atoms with Crippen LogP contribution in [0.25, 0.3) is 0 Å². The number of carbonyl (C=O) groups excluding carboxylic acids is 3. The second-order valence-electron chi connectivity index (χ2n) is 8.19. The van der Waals surface area contributed by atoms with Gasteiger partial charge in [-0.1, -0.05) is 49.7 Å². The molecule has 33 heavy (non-hydrogen) atoms. The van der Waals surface area contributed by atoms with Crippen LogP contribution in [-0.2, 0) is 26.0 Å². The molecule has 1 unspecified atom stereocenters. The van der Waals surface area contributed by atoms with E-state index in [0.29, 0.717) is 30.4 Å². The van der Waals surface area contributed by atoms with Crippen LogP contribution in [0.2, 0.25) is 0 Å². The van der Waals surface area contributed by atoms with Crippen LogP contribution in [-0.4, -0.2) is 49.5 Å². The standard InChI is InChI=1S/C25H29NO6S/c1-3-6-19-8-10-21(11-9-19)24(28)17-32-25(29)23-7-4-5-16-26(23)33(30,31)22-14-12-20(13-15-22)18(2)27/h8-15,23H,3-7,16-17H2,1-2H3. The van der Waals surface area contributed by atoms with Crippen LogP contribution in [0.3, 0.4) is 0 Å². The molecule has 1 heterocycles. The van der Waals surface area contributed by atoms with Crippen LogP contribution in [0, 0.1) is 0 Å². The van der Waals surface area contributed by atoms with Crippen molar-refractivity contribution in [3.05, 3.63) is 65.2 Å². The summed E-state index contributed by atoms with van der Waals surface area (Å²) in [5, 5.41) is 0. The highest BCUT2D eigenvalue weighted by molar-refractivity contribution is 7.89. The first kappa shape index (κ1) is 24.8. The Labute approximate surface area is 194 Å². The van der Waals surface area contributed by atoms with E-state index in [-0.39, 0.29) is 23.0 Å². The maximum Gasteiger partial charge on any atom is 0.324 e. The summed E-state index contributed by atoms with van der Waals surface area (Å²) in [5.74, 6) is -1.23. The molecule has 7 nitrogen and oxygen atoms in total. The number of nitrogens with zero attached hydrogens (tertiary/aromatic N) is 1. The van der Waals surface area contributed by atoms with Crippen LogP contribution in [0.1, 0.15) is 65.8 Å². The molecule has 0 aromatic heterocycles. The predicted molar refractivity (Wildman–Crippen MR) is 124 cm³/mol. The number of ether oxygens (including phenoxy) is 1. The molecule has 3 rings (SSSR count). The number of rotatable bonds is 9. The Morgan fingerprint density at radius 2 is 1.61 bits per heavy atom. The highest BCUT2D eigenvalue weighted by Crippen LogP contribution is 2.26. The van der Waals surface area contributed by atoms with Crippen LogP contribution >= 0.6 is 0 Å². The average molecular weight is 472 g/mol. The number of carbonyl (C=O) groups is 3. The van der Waals surface area contributed by atoms with Crippen molar-refractivity contribution >= 4 is 27.6 Å². The third kappa shape index (κ3) is 5.94. The fraction of sp³-hybridized carbons (Fsp3) is 0.400. The Kier molecular flexibility index (Phi) is 8.15. The van der Waals surface area contributed by atoms with Gasteiger partial charge in [0.1, 0.15) is 6.04 Å². The van der Waals surface area contributed by atoms with Gasteiger partial charge in [-0.2, -0.15) is 4.31 Å². The van der Waals surface area contributed by atoms with Crippen LogP contribution < -0.4 is 0 Å². The lowest BCUT2D eigenvalue weighted by Crippen LogP contribution is -2.48. The topological polar surface area (TPSA) is 97.8 Å². The number of esters is 1. The number of hydrogen-bond donors (Lipinski definition) is 0. The van der Waals surface area contributed by atoms with Crippen molar-refractivity contribution in [2.75, 3.05) is 13.2 Å². The predicted octanol–water partition coefficient (Wildman–Crippen LogP) is 3.81. The van der Waals surface area contributed by atoms with Gasteiger partial charge in [0.15, 0.2) is 18.2 Å². The summed E-state index contributed by atoms with van der Waals surface area (Å²) in [6.07, 6.45) is 3.56. The van der Waals surface area contributed by atoms with Crippen LogP contribution in [0.4, 0.5) is 0 Å². The van der Waals surface area contributed by atoms with Gasteiger partial charge in [0.2, 0.25) is 10.0 Å². The third-order valence-electron chi connectivity index (χ3n) is 5.75. The molecular formula is C25H29NO6S. The molecule has 1 saturated heterocycles. The summed E-state index contributed by atoms with van der Waals surface area (Å²) in [6.45, 7) is 3.22. The number of Topliss-reactive ketones (excluding diaryl/α,β-unsaturated/α-hetero) is 2. The molecule has 0 spiro atoms. The Balaban J connectivity index is 1.69. The summed E-state index contributed by atoms with van der Waals surface area (Å²) in [7, 11) is -3.96. The third-order valence-corrected chi connectivity index (χ3v) is 7.68. The molecule has 0 N–H and O–H groups in total. The van der Waals surface area contributed by atoms with Crippen molar-refractivity contribution in [2.45, 2.75) is 56.9 Å². The fourth-order valence-corrected chi connectivity index (χ4v) is 5.53. The zero-order chi connectivity index (χ0) is 24.0. The molecule has 8 heteroatoms. The number of sulfonamides is 1. The Hall–Kier alpha value is -2.84. The second kappa shape index (κ2) is 10.9. The van der Waals surface area contributed by atoms with Gasteiger partial charge in [0.05, 0.1) is 4.90 Å². The van der Waals surface area contributed by atoms with Crippen molar-refractivity contribution in [3.8, 4) is 0 Å². The maximum absolute atomic E-state index is 13.2. The number of aryl methyl sites for hydroxylation is 1. The van der Waals surface area contributed by atoms with E-state index >= 15 is 0 Å². The molecule has 1 aliphatic heterocycles. The van der Waals surface area contributed by atoms with Gasteiger partial charge in [-0.05, 0) is 50.3 Å². The molecule has 0 amide bonds. The van der Waals surface area contributed by atoms with Crippen LogP contribution in [0.5, 0.6) is 0 Å². The van der Waals surface area contributed by atoms with E-state index in [1.54, 1.807) is 12.1 Å². The van der Waals surface area contributed by atoms with Crippen molar-refractivity contribution in [1.29, 1.82) is 0 Å². The van der Waals surface area contributed by atoms with Gasteiger partial charge >= 0.3 is 5.97 Å².